The molecule has 88 valence electrons. The van der Waals surface area contributed by atoms with E-state index in [4.69, 9.17) is 16.3 Å². The lowest BCUT2D eigenvalue weighted by Gasteiger charge is -2.31. The molecule has 1 rings (SSSR count). The van der Waals surface area contributed by atoms with E-state index in [9.17, 15) is 0 Å². The third-order valence-corrected chi connectivity index (χ3v) is 2.88. The highest BCUT2D eigenvalue weighted by molar-refractivity contribution is 6.17. The number of nitrogens with zero attached hydrogens (tertiary/aromatic N) is 1. The summed E-state index contributed by atoms with van der Waals surface area (Å²) in [7, 11) is 0. The van der Waals surface area contributed by atoms with Gasteiger partial charge in [0.25, 0.3) is 0 Å². The van der Waals surface area contributed by atoms with Gasteiger partial charge in [-0.3, -0.25) is 4.90 Å². The van der Waals surface area contributed by atoms with Crippen molar-refractivity contribution in [3.63, 3.8) is 0 Å². The van der Waals surface area contributed by atoms with E-state index in [1.165, 1.54) is 5.57 Å². The van der Waals surface area contributed by atoms with Crippen molar-refractivity contribution in [2.75, 3.05) is 32.1 Å². The minimum Gasteiger partial charge on any atom is -0.377 e. The van der Waals surface area contributed by atoms with E-state index in [1.807, 2.05) is 0 Å². The van der Waals surface area contributed by atoms with Crippen LogP contribution >= 0.6 is 11.6 Å². The maximum Gasteiger partial charge on any atom is 0.0605 e. The summed E-state index contributed by atoms with van der Waals surface area (Å²) >= 11 is 5.59. The Kier molecular flexibility index (Phi) is 6.30. The van der Waals surface area contributed by atoms with E-state index in [0.717, 1.165) is 32.5 Å². The van der Waals surface area contributed by atoms with Gasteiger partial charge in [-0.05, 0) is 26.7 Å². The first-order chi connectivity index (χ1) is 7.22. The second-order valence-corrected chi connectivity index (χ2v) is 4.72. The Morgan fingerprint density at radius 2 is 2.07 bits per heavy atom. The lowest BCUT2D eigenvalue weighted by Crippen LogP contribution is -2.37. The lowest BCUT2D eigenvalue weighted by atomic mass is 10.1. The molecule has 0 N–H and O–H groups in total. The van der Waals surface area contributed by atoms with Crippen LogP contribution in [-0.2, 0) is 4.74 Å². The van der Waals surface area contributed by atoms with Gasteiger partial charge in [0.15, 0.2) is 0 Å². The third-order valence-electron chi connectivity index (χ3n) is 2.72. The summed E-state index contributed by atoms with van der Waals surface area (Å²) < 4.78 is 5.63. The molecule has 0 aromatic heterocycles. The fourth-order valence-electron chi connectivity index (χ4n) is 1.78. The zero-order valence-electron chi connectivity index (χ0n) is 9.84. The summed E-state index contributed by atoms with van der Waals surface area (Å²) in [6, 6.07) is 0. The molecule has 0 radical (unpaired) electrons. The van der Waals surface area contributed by atoms with Crippen molar-refractivity contribution in [3.05, 3.63) is 11.6 Å². The Balaban J connectivity index is 2.15. The minimum absolute atomic E-state index is 0.437. The van der Waals surface area contributed by atoms with Crippen molar-refractivity contribution in [2.24, 2.45) is 0 Å². The third kappa shape index (κ3) is 5.55. The summed E-state index contributed by atoms with van der Waals surface area (Å²) in [4.78, 5) is 2.48. The van der Waals surface area contributed by atoms with Gasteiger partial charge in [0.05, 0.1) is 12.7 Å². The summed E-state index contributed by atoms with van der Waals surface area (Å²) in [5, 5.41) is 0. The lowest BCUT2D eigenvalue weighted by molar-refractivity contribution is 0.0177. The number of hydrogen-bond donors (Lipinski definition) is 0. The molecule has 1 heterocycles. The molecule has 1 fully saturated rings. The summed E-state index contributed by atoms with van der Waals surface area (Å²) in [6.07, 6.45) is 5.02. The van der Waals surface area contributed by atoms with E-state index in [-0.39, 0.29) is 0 Å². The van der Waals surface area contributed by atoms with Gasteiger partial charge in [-0.15, -0.1) is 11.6 Å². The number of allylic oxidation sites excluding steroid dienone is 1. The maximum atomic E-state index is 5.63. The van der Waals surface area contributed by atoms with E-state index < -0.39 is 0 Å². The Hall–Kier alpha value is -0.0500. The second kappa shape index (κ2) is 7.26. The molecule has 1 aliphatic rings. The molecule has 0 spiro atoms. The van der Waals surface area contributed by atoms with Gasteiger partial charge < -0.3 is 4.74 Å². The largest absolute Gasteiger partial charge is 0.377 e. The van der Waals surface area contributed by atoms with Gasteiger partial charge >= 0.3 is 0 Å². The van der Waals surface area contributed by atoms with Crippen molar-refractivity contribution in [3.8, 4) is 0 Å². The first-order valence-electron chi connectivity index (χ1n) is 5.75. The van der Waals surface area contributed by atoms with Crippen LogP contribution in [0.15, 0.2) is 11.6 Å². The fraction of sp³-hybridized carbons (Fsp3) is 0.833. The maximum absolute atomic E-state index is 5.63. The van der Waals surface area contributed by atoms with Crippen molar-refractivity contribution in [1.29, 1.82) is 0 Å². The smallest absolute Gasteiger partial charge is 0.0605 e. The van der Waals surface area contributed by atoms with Crippen LogP contribution in [-0.4, -0.2) is 43.1 Å². The zero-order chi connectivity index (χ0) is 11.1. The molecular formula is C12H22ClNO. The highest BCUT2D eigenvalue weighted by Crippen LogP contribution is 2.13. The normalized spacial score (nSPS) is 19.1. The average Bonchev–Trinajstić information content (AvgIpc) is 2.25. The first kappa shape index (κ1) is 13.0. The van der Waals surface area contributed by atoms with Gasteiger partial charge in [-0.2, -0.15) is 0 Å². The van der Waals surface area contributed by atoms with E-state index in [2.05, 4.69) is 24.8 Å². The topological polar surface area (TPSA) is 12.5 Å². The van der Waals surface area contributed by atoms with E-state index in [1.54, 1.807) is 0 Å². The molecule has 1 saturated heterocycles. The average molecular weight is 232 g/mol. The molecule has 0 bridgehead atoms. The molecule has 0 aromatic carbocycles. The van der Waals surface area contributed by atoms with Crippen molar-refractivity contribution in [2.45, 2.75) is 32.8 Å². The van der Waals surface area contributed by atoms with Crippen LogP contribution in [0.25, 0.3) is 0 Å². The summed E-state index contributed by atoms with van der Waals surface area (Å²) in [5.41, 5.74) is 1.40. The van der Waals surface area contributed by atoms with Crippen molar-refractivity contribution < 1.29 is 4.74 Å². The number of ether oxygens (including phenoxy) is 1. The predicted octanol–water partition coefficient (Wildman–Crippen LogP) is 2.67. The molecule has 0 unspecified atom stereocenters. The number of hydrogen-bond acceptors (Lipinski definition) is 2. The molecule has 0 saturated carbocycles. The van der Waals surface area contributed by atoms with Crippen LogP contribution in [0.4, 0.5) is 0 Å². The highest BCUT2D eigenvalue weighted by atomic mass is 35.5. The molecule has 0 aliphatic carbocycles. The SMILES string of the molecule is CC(C)=CCN1CCC(OCCCl)CC1. The van der Waals surface area contributed by atoms with Crippen LogP contribution < -0.4 is 0 Å². The van der Waals surface area contributed by atoms with Crippen LogP contribution in [0, 0.1) is 0 Å². The monoisotopic (exact) mass is 231 g/mol. The van der Waals surface area contributed by atoms with Crippen LogP contribution in [0.1, 0.15) is 26.7 Å². The Bertz CT molecular complexity index is 194. The number of rotatable bonds is 5. The molecule has 3 heteroatoms. The predicted molar refractivity (Wildman–Crippen MR) is 65.6 cm³/mol. The van der Waals surface area contributed by atoms with E-state index >= 15 is 0 Å². The standard InChI is InChI=1S/C12H22ClNO/c1-11(2)3-7-14-8-4-12(5-9-14)15-10-6-13/h3,12H,4-10H2,1-2H3. The number of piperidine rings is 1. The summed E-state index contributed by atoms with van der Waals surface area (Å²) in [5.74, 6) is 0.609. The Morgan fingerprint density at radius 1 is 1.40 bits per heavy atom. The number of likely N-dealkylation sites (tertiary alicyclic amines) is 1. The van der Waals surface area contributed by atoms with Crippen LogP contribution in [0.5, 0.6) is 0 Å². The van der Waals surface area contributed by atoms with Gasteiger partial charge in [-0.25, -0.2) is 0 Å². The molecule has 0 amide bonds. The van der Waals surface area contributed by atoms with E-state index in [0.29, 0.717) is 18.6 Å². The quantitative estimate of drug-likeness (QED) is 0.533. The van der Waals surface area contributed by atoms with Crippen LogP contribution in [0.2, 0.25) is 0 Å². The fourth-order valence-corrected chi connectivity index (χ4v) is 1.87. The Morgan fingerprint density at radius 3 is 2.60 bits per heavy atom. The molecule has 15 heavy (non-hydrogen) atoms. The van der Waals surface area contributed by atoms with Gasteiger partial charge in [0, 0.05) is 25.5 Å². The highest BCUT2D eigenvalue weighted by Gasteiger charge is 2.18. The number of alkyl halides is 1. The summed E-state index contributed by atoms with van der Waals surface area (Å²) in [6.45, 7) is 8.38. The van der Waals surface area contributed by atoms with Gasteiger partial charge in [0.1, 0.15) is 0 Å². The second-order valence-electron chi connectivity index (χ2n) is 4.34. The zero-order valence-corrected chi connectivity index (χ0v) is 10.6. The van der Waals surface area contributed by atoms with Gasteiger partial charge in [-0.1, -0.05) is 11.6 Å². The van der Waals surface area contributed by atoms with Gasteiger partial charge in [0.2, 0.25) is 0 Å². The molecule has 2 nitrogen and oxygen atoms in total. The first-order valence-corrected chi connectivity index (χ1v) is 6.29. The molecular weight excluding hydrogens is 210 g/mol. The molecule has 0 aromatic rings. The molecule has 1 aliphatic heterocycles. The van der Waals surface area contributed by atoms with Crippen LogP contribution in [0.3, 0.4) is 0 Å². The van der Waals surface area contributed by atoms with Crippen molar-refractivity contribution >= 4 is 11.6 Å². The number of halogens is 1. The Labute approximate surface area is 98.2 Å². The van der Waals surface area contributed by atoms with Crippen molar-refractivity contribution in [1.82, 2.24) is 4.90 Å². The minimum atomic E-state index is 0.437. The molecule has 0 atom stereocenters.